The molecule has 1 aliphatic rings. The Bertz CT molecular complexity index is 3010. The van der Waals surface area contributed by atoms with Gasteiger partial charge in [-0.25, -0.2) is 0 Å². The van der Waals surface area contributed by atoms with Crippen LogP contribution in [0.5, 0.6) is 0 Å². The van der Waals surface area contributed by atoms with E-state index in [4.69, 9.17) is 18.4 Å². The number of fused-ring (bicyclic) bond motifs is 2. The molecule has 328 valence electrons. The zero-order valence-corrected chi connectivity index (χ0v) is 38.2. The van der Waals surface area contributed by atoms with Crippen molar-refractivity contribution in [1.82, 2.24) is 9.80 Å². The number of azo groups is 2. The summed E-state index contributed by atoms with van der Waals surface area (Å²) in [5, 5.41) is 18.7. The van der Waals surface area contributed by atoms with E-state index in [1.807, 2.05) is 57.0 Å². The molecule has 1 saturated heterocycles. The Morgan fingerprint density at radius 3 is 1.70 bits per heavy atom. The van der Waals surface area contributed by atoms with Crippen molar-refractivity contribution >= 4 is 107 Å². The van der Waals surface area contributed by atoms with Crippen molar-refractivity contribution in [3.8, 4) is 11.1 Å². The Morgan fingerprint density at radius 1 is 0.746 bits per heavy atom. The van der Waals surface area contributed by atoms with Crippen LogP contribution < -0.4 is 10.6 Å². The van der Waals surface area contributed by atoms with E-state index < -0.39 is 25.1 Å². The average molecular weight is 927 g/mol. The van der Waals surface area contributed by atoms with Gasteiger partial charge in [-0.3, -0.25) is 23.7 Å². The van der Waals surface area contributed by atoms with Crippen molar-refractivity contribution in [2.75, 3.05) is 50.4 Å². The van der Waals surface area contributed by atoms with Gasteiger partial charge in [-0.05, 0) is 75.3 Å². The molecule has 1 atom stereocenters. The van der Waals surface area contributed by atoms with Gasteiger partial charge in [0.15, 0.2) is 0 Å². The van der Waals surface area contributed by atoms with Crippen molar-refractivity contribution in [2.45, 2.75) is 40.2 Å². The van der Waals surface area contributed by atoms with Crippen LogP contribution in [0.1, 0.15) is 20.8 Å². The number of likely N-dealkylation sites (N-methyl/N-ethyl adjacent to an activating group) is 1. The van der Waals surface area contributed by atoms with E-state index in [-0.39, 0.29) is 54.8 Å². The van der Waals surface area contributed by atoms with Gasteiger partial charge in [0.25, 0.3) is 20.2 Å². The second-order valence-corrected chi connectivity index (χ2v) is 21.2. The number of anilines is 2. The summed E-state index contributed by atoms with van der Waals surface area (Å²) in [5.41, 5.74) is 9.48. The molecule has 0 bridgehead atoms. The van der Waals surface area contributed by atoms with Crippen LogP contribution >= 0.6 is 25.3 Å². The van der Waals surface area contributed by atoms with Crippen molar-refractivity contribution in [1.29, 1.82) is 0 Å². The zero-order valence-electron chi connectivity index (χ0n) is 34.8. The van der Waals surface area contributed by atoms with E-state index in [9.17, 15) is 30.7 Å². The fourth-order valence-corrected chi connectivity index (χ4v) is 9.89. The number of hydrogen-bond donors (Lipinski definition) is 5. The SMILES string of the molecule is CN(CCN1CC(=O)N(c2c(N=Nc3ccc(-c4ccc(N=Nc5cc(S(=O)(=O)O)c6ccccc6c5N)cc4)cc3)cc(S(=O)(=O)O)c3ccccc23)C(C)(S)C1)CC(C)(C)S. The van der Waals surface area contributed by atoms with Crippen LogP contribution in [0.4, 0.5) is 34.1 Å². The van der Waals surface area contributed by atoms with E-state index in [0.717, 1.165) is 17.7 Å². The number of carbonyl (C=O) groups excluding carboxylic acids is 1. The molecule has 1 amide bonds. The fourth-order valence-electron chi connectivity index (χ4n) is 7.80. The van der Waals surface area contributed by atoms with Crippen LogP contribution in [0.3, 0.4) is 0 Å². The highest BCUT2D eigenvalue weighted by atomic mass is 32.2. The molecule has 1 aliphatic heterocycles. The predicted molar refractivity (Wildman–Crippen MR) is 254 cm³/mol. The van der Waals surface area contributed by atoms with Crippen LogP contribution in [0.2, 0.25) is 0 Å². The monoisotopic (exact) mass is 926 g/mol. The largest absolute Gasteiger partial charge is 0.396 e. The summed E-state index contributed by atoms with van der Waals surface area (Å²) in [6.07, 6.45) is 0. The molecular formula is C44H46N8O7S4. The molecule has 6 aromatic carbocycles. The lowest BCUT2D eigenvalue weighted by Crippen LogP contribution is -2.62. The first-order valence-electron chi connectivity index (χ1n) is 19.6. The van der Waals surface area contributed by atoms with Crippen molar-refractivity contribution in [3.05, 3.63) is 109 Å². The van der Waals surface area contributed by atoms with Crippen LogP contribution in [0.15, 0.2) is 139 Å². The maximum absolute atomic E-state index is 14.2. The number of rotatable bonds is 13. The molecule has 0 saturated carbocycles. The highest BCUT2D eigenvalue weighted by Gasteiger charge is 2.42. The Kier molecular flexibility index (Phi) is 12.9. The summed E-state index contributed by atoms with van der Waals surface area (Å²) in [6.45, 7) is 8.46. The van der Waals surface area contributed by atoms with Gasteiger partial charge in [0.05, 0.1) is 29.3 Å². The molecule has 0 spiro atoms. The number of nitrogen functional groups attached to an aromatic ring is 1. The van der Waals surface area contributed by atoms with E-state index in [1.54, 1.807) is 72.8 Å². The third-order valence-corrected chi connectivity index (χ3v) is 12.7. The first kappa shape index (κ1) is 45.8. The standard InChI is InChI=1S/C44H46N8O7S4/c1-43(2,60)26-50(4)21-22-51-25-40(53)52(44(3,61)27-51)42-35-12-8-6-10-33(35)39(63(57,58)59)24-37(42)49-47-31-19-15-29(16-20-31)28-13-17-30(18-14-28)46-48-36-23-38(62(54,55)56)32-9-5-7-11-34(32)41(36)45/h5-20,23-24,60-61H,21-22,25-27,45H2,1-4H3,(H,54,55,56)(H,57,58,59). The molecular weight excluding hydrogens is 881 g/mol. The number of amides is 1. The summed E-state index contributed by atoms with van der Waals surface area (Å²) in [6, 6.07) is 29.7. The molecule has 19 heteroatoms. The number of nitrogens with zero attached hydrogens (tertiary/aromatic N) is 7. The smallest absolute Gasteiger partial charge is 0.295 e. The lowest BCUT2D eigenvalue weighted by atomic mass is 10.0. The Labute approximate surface area is 377 Å². The Hall–Kier alpha value is -5.25. The summed E-state index contributed by atoms with van der Waals surface area (Å²) in [7, 11) is -7.29. The second kappa shape index (κ2) is 17.7. The molecule has 0 aromatic heterocycles. The molecule has 7 rings (SSSR count). The van der Waals surface area contributed by atoms with E-state index in [0.29, 0.717) is 47.5 Å². The van der Waals surface area contributed by atoms with Crippen LogP contribution in [0, 0.1) is 0 Å². The molecule has 1 fully saturated rings. The third kappa shape index (κ3) is 10.4. The van der Waals surface area contributed by atoms with Gasteiger partial charge in [0.2, 0.25) is 5.91 Å². The molecule has 4 N–H and O–H groups in total. The topological polar surface area (TPSA) is 211 Å². The highest BCUT2D eigenvalue weighted by Crippen LogP contribution is 2.46. The predicted octanol–water partition coefficient (Wildman–Crippen LogP) is 9.50. The van der Waals surface area contributed by atoms with Gasteiger partial charge in [-0.2, -0.15) is 39.7 Å². The van der Waals surface area contributed by atoms with Crippen LogP contribution in [0.25, 0.3) is 32.7 Å². The van der Waals surface area contributed by atoms with E-state index in [1.165, 1.54) is 17.0 Å². The highest BCUT2D eigenvalue weighted by molar-refractivity contribution is 7.86. The van der Waals surface area contributed by atoms with Gasteiger partial charge in [-0.15, -0.1) is 22.9 Å². The van der Waals surface area contributed by atoms with Gasteiger partial charge in [0.1, 0.15) is 26.0 Å². The molecule has 1 unspecified atom stereocenters. The molecule has 6 aromatic rings. The summed E-state index contributed by atoms with van der Waals surface area (Å²) in [5.74, 6) is -0.266. The number of nitrogens with two attached hydrogens (primary N) is 1. The summed E-state index contributed by atoms with van der Waals surface area (Å²) in [4.78, 5) is 18.2. The number of thiol groups is 2. The average Bonchev–Trinajstić information content (AvgIpc) is 3.20. The first-order chi connectivity index (χ1) is 29.6. The molecule has 0 radical (unpaired) electrons. The first-order valence-corrected chi connectivity index (χ1v) is 23.4. The Morgan fingerprint density at radius 2 is 1.21 bits per heavy atom. The second-order valence-electron chi connectivity index (χ2n) is 16.3. The maximum atomic E-state index is 14.2. The van der Waals surface area contributed by atoms with Crippen molar-refractivity contribution in [3.63, 3.8) is 0 Å². The lowest BCUT2D eigenvalue weighted by molar-refractivity contribution is -0.122. The number of piperazine rings is 1. The quantitative estimate of drug-likeness (QED) is 0.0320. The van der Waals surface area contributed by atoms with Crippen molar-refractivity contribution in [2.24, 2.45) is 20.5 Å². The van der Waals surface area contributed by atoms with Gasteiger partial charge in [-0.1, -0.05) is 72.8 Å². The van der Waals surface area contributed by atoms with E-state index >= 15 is 0 Å². The number of carbonyl (C=O) groups is 1. The Balaban J connectivity index is 1.15. The van der Waals surface area contributed by atoms with Gasteiger partial charge in [0, 0.05) is 52.5 Å². The maximum Gasteiger partial charge on any atom is 0.295 e. The van der Waals surface area contributed by atoms with Gasteiger partial charge >= 0.3 is 0 Å². The summed E-state index contributed by atoms with van der Waals surface area (Å²) >= 11 is 9.66. The van der Waals surface area contributed by atoms with Crippen LogP contribution in [-0.2, 0) is 25.0 Å². The fraction of sp³-hybridized carbons (Fsp3) is 0.250. The summed E-state index contributed by atoms with van der Waals surface area (Å²) < 4.78 is 69.7. The molecule has 15 nitrogen and oxygen atoms in total. The minimum Gasteiger partial charge on any atom is -0.396 e. The normalized spacial score (nSPS) is 17.0. The van der Waals surface area contributed by atoms with Gasteiger partial charge < -0.3 is 10.6 Å². The number of hydrogen-bond acceptors (Lipinski definition) is 14. The van der Waals surface area contributed by atoms with Crippen molar-refractivity contribution < 1.29 is 30.7 Å². The minimum absolute atomic E-state index is 0.0487. The zero-order chi connectivity index (χ0) is 45.5. The number of benzene rings is 6. The van der Waals surface area contributed by atoms with E-state index in [2.05, 4.69) is 38.0 Å². The minimum atomic E-state index is -4.73. The third-order valence-electron chi connectivity index (χ3n) is 10.4. The molecule has 63 heavy (non-hydrogen) atoms. The van der Waals surface area contributed by atoms with Crippen LogP contribution in [-0.4, -0.2) is 91.0 Å². The molecule has 1 heterocycles. The lowest BCUT2D eigenvalue weighted by Gasteiger charge is -2.46. The molecule has 0 aliphatic carbocycles.